The number of fused-ring (bicyclic) bond motifs is 7. The number of aliphatic carboxylic acids is 1. The highest BCUT2D eigenvalue weighted by molar-refractivity contribution is 7.09. The summed E-state index contributed by atoms with van der Waals surface area (Å²) in [5.74, 6) is 1.59. The van der Waals surface area contributed by atoms with Crippen LogP contribution in [0, 0.1) is 56.7 Å². The molecule has 0 radical (unpaired) electrons. The van der Waals surface area contributed by atoms with Crippen molar-refractivity contribution in [1.29, 1.82) is 0 Å². The highest BCUT2D eigenvalue weighted by Crippen LogP contribution is 2.77. The number of rotatable bonds is 5. The lowest BCUT2D eigenvalue weighted by Crippen LogP contribution is -2.67. The van der Waals surface area contributed by atoms with Crippen LogP contribution < -0.4 is 0 Å². The Morgan fingerprint density at radius 3 is 2.30 bits per heavy atom. The molecule has 11 atom stereocenters. The summed E-state index contributed by atoms with van der Waals surface area (Å²) in [6.45, 7) is 17.3. The van der Waals surface area contributed by atoms with Gasteiger partial charge in [-0.2, -0.15) is 0 Å². The molecule has 0 aromatic heterocycles. The Labute approximate surface area is 227 Å². The predicted octanol–water partition coefficient (Wildman–Crippen LogP) is 7.74. The van der Waals surface area contributed by atoms with E-state index in [4.69, 9.17) is 9.36 Å². The van der Waals surface area contributed by atoms with Crippen molar-refractivity contribution in [2.75, 3.05) is 6.61 Å². The average molecular weight is 534 g/mol. The van der Waals surface area contributed by atoms with E-state index in [1.54, 1.807) is 0 Å². The summed E-state index contributed by atoms with van der Waals surface area (Å²) < 4.78 is 5.95. The summed E-state index contributed by atoms with van der Waals surface area (Å²) in [5.41, 5.74) is 1.28. The first-order chi connectivity index (χ1) is 17.3. The zero-order valence-electron chi connectivity index (χ0n) is 24.4. The van der Waals surface area contributed by atoms with Crippen molar-refractivity contribution < 1.29 is 19.3 Å². The van der Waals surface area contributed by atoms with Crippen LogP contribution in [0.5, 0.6) is 0 Å². The van der Waals surface area contributed by atoms with Crippen molar-refractivity contribution >= 4 is 21.1 Å². The Balaban J connectivity index is 1.54. The van der Waals surface area contributed by atoms with Crippen LogP contribution in [0.1, 0.15) is 113 Å². The number of hydrogen-bond acceptors (Lipinski definition) is 4. The molecule has 37 heavy (non-hydrogen) atoms. The lowest BCUT2D eigenvalue weighted by atomic mass is 9.32. The van der Waals surface area contributed by atoms with Crippen molar-refractivity contribution in [2.24, 2.45) is 61.8 Å². The Kier molecular flexibility index (Phi) is 6.92. The summed E-state index contributed by atoms with van der Waals surface area (Å²) in [6, 6.07) is 0. The summed E-state index contributed by atoms with van der Waals surface area (Å²) in [4.78, 5) is 18.5. The van der Waals surface area contributed by atoms with E-state index >= 15 is 0 Å². The predicted molar refractivity (Wildman–Crippen MR) is 151 cm³/mol. The molecule has 0 aliphatic heterocycles. The number of carbonyl (C=O) groups is 1. The van der Waals surface area contributed by atoms with Gasteiger partial charge >= 0.3 is 5.97 Å². The Morgan fingerprint density at radius 1 is 0.919 bits per heavy atom. The molecule has 5 unspecified atom stereocenters. The van der Waals surface area contributed by atoms with Crippen LogP contribution in [-0.2, 0) is 14.2 Å². The van der Waals surface area contributed by atoms with Gasteiger partial charge in [0.1, 0.15) is 6.61 Å². The van der Waals surface area contributed by atoms with Crippen molar-refractivity contribution in [1.82, 2.24) is 0 Å². The van der Waals surface area contributed by atoms with Crippen LogP contribution in [0.25, 0.3) is 0 Å². The van der Waals surface area contributed by atoms with Gasteiger partial charge in [0.15, 0.2) is 0 Å². The molecule has 0 aromatic rings. The van der Waals surface area contributed by atoms with Gasteiger partial charge < -0.3 is 14.5 Å². The number of oxime groups is 1. The van der Waals surface area contributed by atoms with Gasteiger partial charge in [0.05, 0.1) is 17.2 Å². The molecule has 210 valence electrons. The average Bonchev–Trinajstić information content (AvgIpc) is 3.24. The number of carboxylic acids is 1. The van der Waals surface area contributed by atoms with Gasteiger partial charge in [-0.3, -0.25) is 4.79 Å². The third-order valence-corrected chi connectivity index (χ3v) is 14.2. The van der Waals surface area contributed by atoms with Gasteiger partial charge in [0.25, 0.3) is 0 Å². The minimum absolute atomic E-state index is 0.153. The molecule has 5 aliphatic carbocycles. The van der Waals surface area contributed by atoms with Crippen molar-refractivity contribution in [3.05, 3.63) is 0 Å². The summed E-state index contributed by atoms with van der Waals surface area (Å²) in [5, 5.41) is 15.1. The monoisotopic (exact) mass is 533 g/mol. The van der Waals surface area contributed by atoms with E-state index in [2.05, 4.69) is 56.2 Å². The lowest BCUT2D eigenvalue weighted by molar-refractivity contribution is -0.245. The molecule has 6 heteroatoms. The van der Waals surface area contributed by atoms with Crippen molar-refractivity contribution in [3.8, 4) is 0 Å². The van der Waals surface area contributed by atoms with E-state index in [0.717, 1.165) is 44.2 Å². The van der Waals surface area contributed by atoms with Gasteiger partial charge in [-0.1, -0.05) is 39.8 Å². The Morgan fingerprint density at radius 2 is 1.65 bits per heavy atom. The molecule has 5 aliphatic rings. The first-order valence-electron chi connectivity index (χ1n) is 15.1. The maximum absolute atomic E-state index is 13.0. The Bertz CT molecular complexity index is 951. The van der Waals surface area contributed by atoms with Crippen molar-refractivity contribution in [3.63, 3.8) is 0 Å². The number of nitrogens with zero attached hydrogens (tertiary/aromatic N) is 1. The van der Waals surface area contributed by atoms with Crippen LogP contribution in [0.15, 0.2) is 5.16 Å². The normalized spacial score (nSPS) is 50.9. The fourth-order valence-electron chi connectivity index (χ4n) is 11.9. The van der Waals surface area contributed by atoms with Crippen LogP contribution in [0.3, 0.4) is 0 Å². The standard InChI is InChI=1S/C31H52NO4P/c1-8-35-32-19(2)20-11-16-31(26(33)34)18-17-29(6)21(25(20)31)9-10-23-28(5)14-13-24(36-37)27(3,4)22(28)12-15-30(23,29)7/h20-25H,8-18,37H2,1-7H3,(H,33,34)/t20-,21?,22?,23?,24-,25?,28-,29+,30+,31-/m0/s1. The van der Waals surface area contributed by atoms with Gasteiger partial charge in [-0.25, -0.2) is 0 Å². The summed E-state index contributed by atoms with van der Waals surface area (Å²) in [7, 11) is 2.55. The van der Waals surface area contributed by atoms with Crippen LogP contribution >= 0.6 is 9.47 Å². The molecule has 1 N–H and O–H groups in total. The molecular formula is C31H52NO4P. The molecule has 0 aromatic carbocycles. The smallest absolute Gasteiger partial charge is 0.309 e. The molecule has 5 rings (SSSR count). The summed E-state index contributed by atoms with van der Waals surface area (Å²) in [6.07, 6.45) is 11.2. The molecule has 0 spiro atoms. The molecule has 0 heterocycles. The van der Waals surface area contributed by atoms with Crippen molar-refractivity contribution in [2.45, 2.75) is 119 Å². The third-order valence-electron chi connectivity index (χ3n) is 13.8. The van der Waals surface area contributed by atoms with Gasteiger partial charge in [-0.05, 0) is 123 Å². The fraction of sp³-hybridized carbons (Fsp3) is 0.935. The van der Waals surface area contributed by atoms with Crippen LogP contribution in [0.4, 0.5) is 0 Å². The number of carboxylic acid groups (broad SMARTS) is 1. The zero-order chi connectivity index (χ0) is 27.0. The van der Waals surface area contributed by atoms with E-state index in [1.807, 2.05) is 6.92 Å². The molecule has 5 nitrogen and oxygen atoms in total. The zero-order valence-corrected chi connectivity index (χ0v) is 25.6. The quantitative estimate of drug-likeness (QED) is 0.223. The molecule has 5 fully saturated rings. The first kappa shape index (κ1) is 27.9. The largest absolute Gasteiger partial charge is 0.481 e. The second kappa shape index (κ2) is 9.18. The third kappa shape index (κ3) is 3.61. The van der Waals surface area contributed by atoms with E-state index in [0.29, 0.717) is 35.9 Å². The SMILES string of the molecule is CCON=C(C)[C@@H]1CC[C@]2(C(=O)O)CC[C@]3(C)C(CCC4[C@@]5(C)CC[C@H](OP)C(C)(C)C5CC[C@]43C)C12. The van der Waals surface area contributed by atoms with Gasteiger partial charge in [0.2, 0.25) is 0 Å². The first-order valence-corrected chi connectivity index (χ1v) is 15.6. The van der Waals surface area contributed by atoms with Gasteiger partial charge in [0, 0.05) is 15.4 Å². The fourth-order valence-corrected chi connectivity index (χ4v) is 12.4. The highest BCUT2D eigenvalue weighted by Gasteiger charge is 2.72. The minimum atomic E-state index is -0.599. The molecule has 0 bridgehead atoms. The lowest BCUT2D eigenvalue weighted by Gasteiger charge is -2.72. The van der Waals surface area contributed by atoms with E-state index in [1.165, 1.54) is 25.7 Å². The Hall–Kier alpha value is -0.670. The van der Waals surface area contributed by atoms with E-state index in [9.17, 15) is 9.90 Å². The maximum atomic E-state index is 13.0. The van der Waals surface area contributed by atoms with E-state index < -0.39 is 11.4 Å². The summed E-state index contributed by atoms with van der Waals surface area (Å²) >= 11 is 0. The van der Waals surface area contributed by atoms with E-state index in [-0.39, 0.29) is 28.1 Å². The van der Waals surface area contributed by atoms with Gasteiger partial charge in [-0.15, -0.1) is 0 Å². The number of hydrogen-bond donors (Lipinski definition) is 1. The molecule has 5 saturated carbocycles. The minimum Gasteiger partial charge on any atom is -0.481 e. The van der Waals surface area contributed by atoms with Crippen LogP contribution in [-0.4, -0.2) is 29.5 Å². The molecule has 0 amide bonds. The molecule has 0 saturated heterocycles. The highest BCUT2D eigenvalue weighted by atomic mass is 31.0. The second-order valence-corrected chi connectivity index (χ2v) is 15.2. The maximum Gasteiger partial charge on any atom is 0.309 e. The topological polar surface area (TPSA) is 68.1 Å². The van der Waals surface area contributed by atoms with Crippen LogP contribution in [0.2, 0.25) is 0 Å². The second-order valence-electron chi connectivity index (χ2n) is 14.9. The molecular weight excluding hydrogens is 481 g/mol.